The van der Waals surface area contributed by atoms with Crippen LogP contribution >= 0.6 is 36.4 Å². The predicted molar refractivity (Wildman–Crippen MR) is 86.2 cm³/mol. The van der Waals surface area contributed by atoms with E-state index in [1.165, 1.54) is 0 Å². The van der Waals surface area contributed by atoms with Crippen molar-refractivity contribution in [2.75, 3.05) is 26.2 Å². The van der Waals surface area contributed by atoms with Gasteiger partial charge in [0.1, 0.15) is 5.15 Å². The molecule has 128 valence electrons. The fraction of sp³-hybridized carbons (Fsp3) is 0.615. The minimum absolute atomic E-state index is 0. The van der Waals surface area contributed by atoms with Crippen molar-refractivity contribution in [3.8, 4) is 0 Å². The van der Waals surface area contributed by atoms with Crippen LogP contribution in [0.25, 0.3) is 0 Å². The summed E-state index contributed by atoms with van der Waals surface area (Å²) >= 11 is 5.74. The maximum atomic E-state index is 12.5. The van der Waals surface area contributed by atoms with E-state index < -0.39 is 12.6 Å². The molecule has 9 heteroatoms. The molecule has 0 spiro atoms. The lowest BCUT2D eigenvalue weighted by atomic mass is 10.0. The van der Waals surface area contributed by atoms with Gasteiger partial charge in [0.15, 0.2) is 0 Å². The maximum Gasteiger partial charge on any atom is 0.389 e. The van der Waals surface area contributed by atoms with Crippen molar-refractivity contribution in [2.24, 2.45) is 0 Å². The minimum Gasteiger partial charge on any atom is -0.314 e. The molecule has 1 fully saturated rings. The number of hydrogen-bond donors (Lipinski definition) is 1. The molecule has 0 aromatic carbocycles. The van der Waals surface area contributed by atoms with E-state index in [1.54, 1.807) is 18.3 Å². The van der Waals surface area contributed by atoms with E-state index in [4.69, 9.17) is 11.6 Å². The topological polar surface area (TPSA) is 28.2 Å². The summed E-state index contributed by atoms with van der Waals surface area (Å²) in [6, 6.07) is 3.13. The molecule has 1 aromatic rings. The van der Waals surface area contributed by atoms with Crippen LogP contribution in [0, 0.1) is 0 Å². The molecule has 2 rings (SSSR count). The molecule has 1 atom stereocenters. The van der Waals surface area contributed by atoms with Crippen LogP contribution in [0.2, 0.25) is 5.15 Å². The zero-order valence-corrected chi connectivity index (χ0v) is 14.2. The first-order chi connectivity index (χ1) is 9.46. The Balaban J connectivity index is 0.00000220. The smallest absolute Gasteiger partial charge is 0.314 e. The Morgan fingerprint density at radius 1 is 1.23 bits per heavy atom. The minimum atomic E-state index is -4.13. The average molecular weight is 381 g/mol. The van der Waals surface area contributed by atoms with Gasteiger partial charge in [0, 0.05) is 44.8 Å². The molecule has 1 N–H and O–H groups in total. The number of alkyl halides is 3. The third kappa shape index (κ3) is 6.87. The first kappa shape index (κ1) is 21.7. The van der Waals surface area contributed by atoms with Gasteiger partial charge in [-0.25, -0.2) is 4.98 Å². The van der Waals surface area contributed by atoms with Crippen molar-refractivity contribution in [3.05, 3.63) is 29.0 Å². The van der Waals surface area contributed by atoms with Gasteiger partial charge in [0.05, 0.1) is 0 Å². The van der Waals surface area contributed by atoms with Crippen LogP contribution in [0.1, 0.15) is 24.4 Å². The van der Waals surface area contributed by atoms with Crippen molar-refractivity contribution < 1.29 is 13.2 Å². The number of piperazine rings is 1. The molecule has 0 unspecified atom stereocenters. The molecule has 3 nitrogen and oxygen atoms in total. The first-order valence-electron chi connectivity index (χ1n) is 6.59. The molecule has 0 bridgehead atoms. The SMILES string of the molecule is Cl.Cl.FC(F)(F)CC[C@H](c1ccc(Cl)nc1)N1CCNCC1. The Kier molecular flexibility index (Phi) is 9.66. The van der Waals surface area contributed by atoms with E-state index in [1.807, 2.05) is 0 Å². The summed E-state index contributed by atoms with van der Waals surface area (Å²) in [5.74, 6) is 0. The van der Waals surface area contributed by atoms with Gasteiger partial charge in [0.2, 0.25) is 0 Å². The largest absolute Gasteiger partial charge is 0.389 e. The zero-order valence-electron chi connectivity index (χ0n) is 11.8. The summed E-state index contributed by atoms with van der Waals surface area (Å²) in [6.07, 6.45) is -3.30. The molecule has 1 aliphatic heterocycles. The summed E-state index contributed by atoms with van der Waals surface area (Å²) in [5.41, 5.74) is 0.792. The highest BCUT2D eigenvalue weighted by Gasteiger charge is 2.31. The molecule has 1 aliphatic rings. The van der Waals surface area contributed by atoms with E-state index in [0.29, 0.717) is 5.15 Å². The number of halogens is 6. The highest BCUT2D eigenvalue weighted by Crippen LogP contribution is 2.31. The predicted octanol–water partition coefficient (Wildman–Crippen LogP) is 3.87. The normalized spacial score (nSPS) is 17.3. The van der Waals surface area contributed by atoms with Crippen molar-refractivity contribution in [2.45, 2.75) is 25.1 Å². The lowest BCUT2D eigenvalue weighted by molar-refractivity contribution is -0.138. The second kappa shape index (κ2) is 9.78. The monoisotopic (exact) mass is 379 g/mol. The van der Waals surface area contributed by atoms with Gasteiger partial charge in [0.25, 0.3) is 0 Å². The second-order valence-electron chi connectivity index (χ2n) is 4.87. The summed E-state index contributed by atoms with van der Waals surface area (Å²) in [7, 11) is 0. The van der Waals surface area contributed by atoms with Crippen LogP contribution in [0.4, 0.5) is 13.2 Å². The van der Waals surface area contributed by atoms with Gasteiger partial charge >= 0.3 is 6.18 Å². The Morgan fingerprint density at radius 2 is 1.86 bits per heavy atom. The molecule has 0 amide bonds. The van der Waals surface area contributed by atoms with Crippen molar-refractivity contribution >= 4 is 36.4 Å². The molecule has 0 aliphatic carbocycles. The van der Waals surface area contributed by atoms with Crippen LogP contribution in [0.3, 0.4) is 0 Å². The molecule has 0 radical (unpaired) electrons. The van der Waals surface area contributed by atoms with Crippen LogP contribution in [0.15, 0.2) is 18.3 Å². The molecular weight excluding hydrogens is 362 g/mol. The van der Waals surface area contributed by atoms with Crippen LogP contribution in [0.5, 0.6) is 0 Å². The van der Waals surface area contributed by atoms with Gasteiger partial charge in [-0.15, -0.1) is 24.8 Å². The lowest BCUT2D eigenvalue weighted by Crippen LogP contribution is -2.45. The Bertz CT molecular complexity index is 423. The van der Waals surface area contributed by atoms with Crippen LogP contribution in [-0.4, -0.2) is 42.2 Å². The molecular formula is C13H19Cl3F3N3. The Hall–Kier alpha value is -0.270. The van der Waals surface area contributed by atoms with Gasteiger partial charge < -0.3 is 5.32 Å². The van der Waals surface area contributed by atoms with E-state index in [9.17, 15) is 13.2 Å². The fourth-order valence-corrected chi connectivity index (χ4v) is 2.55. The number of pyridine rings is 1. The Morgan fingerprint density at radius 3 is 2.36 bits per heavy atom. The van der Waals surface area contributed by atoms with Crippen LogP contribution < -0.4 is 5.32 Å². The average Bonchev–Trinajstić information content (AvgIpc) is 2.41. The Labute approximate surface area is 145 Å². The number of hydrogen-bond acceptors (Lipinski definition) is 3. The van der Waals surface area contributed by atoms with Gasteiger partial charge in [-0.05, 0) is 18.1 Å². The van der Waals surface area contributed by atoms with Crippen molar-refractivity contribution in [1.82, 2.24) is 15.2 Å². The second-order valence-corrected chi connectivity index (χ2v) is 5.26. The fourth-order valence-electron chi connectivity index (χ4n) is 2.44. The number of aromatic nitrogens is 1. The van der Waals surface area contributed by atoms with Crippen molar-refractivity contribution in [3.63, 3.8) is 0 Å². The molecule has 2 heterocycles. The van der Waals surface area contributed by atoms with Gasteiger partial charge in [-0.2, -0.15) is 13.2 Å². The summed E-state index contributed by atoms with van der Waals surface area (Å²) < 4.78 is 37.5. The quantitative estimate of drug-likeness (QED) is 0.804. The zero-order chi connectivity index (χ0) is 14.6. The van der Waals surface area contributed by atoms with Gasteiger partial charge in [-0.1, -0.05) is 17.7 Å². The number of nitrogens with zero attached hydrogens (tertiary/aromatic N) is 2. The number of nitrogens with one attached hydrogen (secondary N) is 1. The van der Waals surface area contributed by atoms with Gasteiger partial charge in [-0.3, -0.25) is 4.90 Å². The summed E-state index contributed by atoms with van der Waals surface area (Å²) in [5, 5.41) is 3.55. The molecule has 1 saturated heterocycles. The van der Waals surface area contributed by atoms with Crippen molar-refractivity contribution in [1.29, 1.82) is 0 Å². The highest BCUT2D eigenvalue weighted by molar-refractivity contribution is 6.29. The summed E-state index contributed by atoms with van der Waals surface area (Å²) in [4.78, 5) is 6.06. The van der Waals surface area contributed by atoms with E-state index in [2.05, 4.69) is 15.2 Å². The maximum absolute atomic E-state index is 12.5. The lowest BCUT2D eigenvalue weighted by Gasteiger charge is -2.35. The van der Waals surface area contributed by atoms with E-state index in [-0.39, 0.29) is 37.3 Å². The van der Waals surface area contributed by atoms with E-state index in [0.717, 1.165) is 31.7 Å². The van der Waals surface area contributed by atoms with E-state index >= 15 is 0 Å². The third-order valence-corrected chi connectivity index (χ3v) is 3.65. The summed E-state index contributed by atoms with van der Waals surface area (Å²) in [6.45, 7) is 3.07. The molecule has 0 saturated carbocycles. The third-order valence-electron chi connectivity index (χ3n) is 3.43. The molecule has 1 aromatic heterocycles. The number of rotatable bonds is 4. The molecule has 22 heavy (non-hydrogen) atoms. The standard InChI is InChI=1S/C13H17ClF3N3.2ClH/c14-12-2-1-10(9-19-12)11(3-4-13(15,16)17)20-7-5-18-6-8-20;;/h1-2,9,11,18H,3-8H2;2*1H/t11-;;/m1../s1. The highest BCUT2D eigenvalue weighted by atomic mass is 35.5. The van der Waals surface area contributed by atoms with Crippen LogP contribution in [-0.2, 0) is 0 Å². The first-order valence-corrected chi connectivity index (χ1v) is 6.96.